The normalized spacial score (nSPS) is 19.3. The van der Waals surface area contributed by atoms with E-state index in [1.165, 1.54) is 12.8 Å². The van der Waals surface area contributed by atoms with Gasteiger partial charge in [-0.25, -0.2) is 0 Å². The Morgan fingerprint density at radius 1 is 1.58 bits per heavy atom. The van der Waals surface area contributed by atoms with Crippen molar-refractivity contribution < 1.29 is 4.79 Å². The summed E-state index contributed by atoms with van der Waals surface area (Å²) in [5.41, 5.74) is 0. The lowest BCUT2D eigenvalue weighted by Gasteiger charge is -2.29. The lowest BCUT2D eigenvalue weighted by molar-refractivity contribution is -0.132. The number of nitrogens with one attached hydrogen (secondary N) is 1. The molecule has 1 aliphatic rings. The van der Waals surface area contributed by atoms with Crippen molar-refractivity contribution in [3.05, 3.63) is 18.5 Å². The summed E-state index contributed by atoms with van der Waals surface area (Å²) in [6.07, 6.45) is 6.64. The Bertz CT molecular complexity index is 371. The molecule has 1 atom stereocenters. The Morgan fingerprint density at radius 3 is 3.11 bits per heavy atom. The summed E-state index contributed by atoms with van der Waals surface area (Å²) in [6, 6.07) is 1.88. The van der Waals surface area contributed by atoms with Crippen molar-refractivity contribution in [1.82, 2.24) is 20.0 Å². The monoisotopic (exact) mass is 264 g/mol. The van der Waals surface area contributed by atoms with Crippen LogP contribution in [0.4, 0.5) is 0 Å². The molecule has 1 saturated heterocycles. The highest BCUT2D eigenvalue weighted by molar-refractivity contribution is 5.76. The SMILES string of the molecule is CCN(CC1CCCNC1)C(=O)CCn1cccn1. The minimum Gasteiger partial charge on any atom is -0.343 e. The van der Waals surface area contributed by atoms with Gasteiger partial charge in [-0.05, 0) is 44.8 Å². The molecular weight excluding hydrogens is 240 g/mol. The van der Waals surface area contributed by atoms with Crippen molar-refractivity contribution in [2.75, 3.05) is 26.2 Å². The Morgan fingerprint density at radius 2 is 2.47 bits per heavy atom. The molecule has 106 valence electrons. The minimum absolute atomic E-state index is 0.239. The van der Waals surface area contributed by atoms with Crippen molar-refractivity contribution in [2.45, 2.75) is 32.7 Å². The number of aryl methyl sites for hydroxylation is 1. The van der Waals surface area contributed by atoms with Crippen LogP contribution in [0.1, 0.15) is 26.2 Å². The fourth-order valence-electron chi connectivity index (χ4n) is 2.60. The number of piperidine rings is 1. The van der Waals surface area contributed by atoms with Gasteiger partial charge in [-0.3, -0.25) is 9.48 Å². The van der Waals surface area contributed by atoms with Crippen LogP contribution in [0.25, 0.3) is 0 Å². The minimum atomic E-state index is 0.239. The number of aromatic nitrogens is 2. The standard InChI is InChI=1S/C14H24N4O/c1-2-17(12-13-5-3-7-15-11-13)14(19)6-10-18-9-4-8-16-18/h4,8-9,13,15H,2-3,5-7,10-12H2,1H3. The molecule has 0 aliphatic carbocycles. The summed E-state index contributed by atoms with van der Waals surface area (Å²) in [4.78, 5) is 14.2. The van der Waals surface area contributed by atoms with Gasteiger partial charge in [0.25, 0.3) is 0 Å². The van der Waals surface area contributed by atoms with E-state index in [0.717, 1.165) is 26.2 Å². The molecule has 1 aromatic rings. The average molecular weight is 264 g/mol. The molecule has 1 fully saturated rings. The van der Waals surface area contributed by atoms with E-state index in [1.54, 1.807) is 6.20 Å². The van der Waals surface area contributed by atoms with Gasteiger partial charge in [-0.1, -0.05) is 0 Å². The van der Waals surface area contributed by atoms with Gasteiger partial charge < -0.3 is 10.2 Å². The second-order valence-electron chi connectivity index (χ2n) is 5.16. The van der Waals surface area contributed by atoms with E-state index in [4.69, 9.17) is 0 Å². The highest BCUT2D eigenvalue weighted by Crippen LogP contribution is 2.12. The fourth-order valence-corrected chi connectivity index (χ4v) is 2.60. The van der Waals surface area contributed by atoms with Crippen LogP contribution in [0.15, 0.2) is 18.5 Å². The first-order valence-electron chi connectivity index (χ1n) is 7.25. The molecule has 1 aliphatic heterocycles. The number of hydrogen-bond donors (Lipinski definition) is 1. The molecule has 1 unspecified atom stereocenters. The van der Waals surface area contributed by atoms with Gasteiger partial charge in [-0.15, -0.1) is 0 Å². The molecule has 0 aromatic carbocycles. The number of amides is 1. The largest absolute Gasteiger partial charge is 0.343 e. The first-order chi connectivity index (χ1) is 9.29. The van der Waals surface area contributed by atoms with Crippen molar-refractivity contribution in [3.63, 3.8) is 0 Å². The van der Waals surface area contributed by atoms with Crippen molar-refractivity contribution in [1.29, 1.82) is 0 Å². The maximum absolute atomic E-state index is 12.2. The van der Waals surface area contributed by atoms with E-state index in [1.807, 2.05) is 21.8 Å². The molecule has 0 bridgehead atoms. The first-order valence-corrected chi connectivity index (χ1v) is 7.25. The molecule has 0 saturated carbocycles. The molecule has 1 aromatic heterocycles. The molecule has 1 N–H and O–H groups in total. The lowest BCUT2D eigenvalue weighted by atomic mass is 9.99. The average Bonchev–Trinajstić information content (AvgIpc) is 2.96. The molecule has 0 radical (unpaired) electrons. The van der Waals surface area contributed by atoms with Gasteiger partial charge in [0.1, 0.15) is 0 Å². The fraction of sp³-hybridized carbons (Fsp3) is 0.714. The summed E-state index contributed by atoms with van der Waals surface area (Å²) in [7, 11) is 0. The van der Waals surface area contributed by atoms with E-state index in [-0.39, 0.29) is 5.91 Å². The summed E-state index contributed by atoms with van der Waals surface area (Å²) >= 11 is 0. The number of rotatable bonds is 6. The zero-order valence-corrected chi connectivity index (χ0v) is 11.7. The van der Waals surface area contributed by atoms with Gasteiger partial charge >= 0.3 is 0 Å². The molecule has 1 amide bonds. The van der Waals surface area contributed by atoms with Crippen LogP contribution in [0, 0.1) is 5.92 Å². The van der Waals surface area contributed by atoms with E-state index < -0.39 is 0 Å². The van der Waals surface area contributed by atoms with Gasteiger partial charge in [-0.2, -0.15) is 5.10 Å². The lowest BCUT2D eigenvalue weighted by Crippen LogP contribution is -2.41. The zero-order chi connectivity index (χ0) is 13.5. The van der Waals surface area contributed by atoms with Crippen LogP contribution in [0.5, 0.6) is 0 Å². The molecule has 0 spiro atoms. The Labute approximate surface area is 115 Å². The second-order valence-corrected chi connectivity index (χ2v) is 5.16. The third kappa shape index (κ3) is 4.35. The third-order valence-electron chi connectivity index (χ3n) is 3.73. The van der Waals surface area contributed by atoms with Crippen molar-refractivity contribution in [3.8, 4) is 0 Å². The molecule has 5 nitrogen and oxygen atoms in total. The first kappa shape index (κ1) is 14.1. The highest BCUT2D eigenvalue weighted by Gasteiger charge is 2.19. The summed E-state index contributed by atoms with van der Waals surface area (Å²) in [5, 5.41) is 7.53. The van der Waals surface area contributed by atoms with E-state index in [2.05, 4.69) is 17.3 Å². The van der Waals surface area contributed by atoms with Crippen LogP contribution in [0.2, 0.25) is 0 Å². The molecule has 2 heterocycles. The van der Waals surface area contributed by atoms with E-state index in [9.17, 15) is 4.79 Å². The zero-order valence-electron chi connectivity index (χ0n) is 11.7. The van der Waals surface area contributed by atoms with Crippen molar-refractivity contribution >= 4 is 5.91 Å². The quantitative estimate of drug-likeness (QED) is 0.837. The van der Waals surface area contributed by atoms with Crippen LogP contribution in [-0.4, -0.2) is 46.8 Å². The smallest absolute Gasteiger partial charge is 0.224 e. The number of carbonyl (C=O) groups is 1. The molecule has 19 heavy (non-hydrogen) atoms. The summed E-state index contributed by atoms with van der Waals surface area (Å²) in [6.45, 7) is 6.59. The number of hydrogen-bond acceptors (Lipinski definition) is 3. The predicted molar refractivity (Wildman–Crippen MR) is 74.7 cm³/mol. The van der Waals surface area contributed by atoms with Gasteiger partial charge in [0, 0.05) is 38.4 Å². The van der Waals surface area contributed by atoms with Gasteiger partial charge in [0.15, 0.2) is 0 Å². The summed E-state index contributed by atoms with van der Waals surface area (Å²) in [5.74, 6) is 0.853. The van der Waals surface area contributed by atoms with Crippen LogP contribution >= 0.6 is 0 Å². The van der Waals surface area contributed by atoms with E-state index >= 15 is 0 Å². The second kappa shape index (κ2) is 7.28. The van der Waals surface area contributed by atoms with Crippen LogP contribution in [0.3, 0.4) is 0 Å². The summed E-state index contributed by atoms with van der Waals surface area (Å²) < 4.78 is 1.81. The molecule has 5 heteroatoms. The maximum atomic E-state index is 12.2. The topological polar surface area (TPSA) is 50.2 Å². The van der Waals surface area contributed by atoms with Gasteiger partial charge in [0.2, 0.25) is 5.91 Å². The maximum Gasteiger partial charge on any atom is 0.224 e. The molecular formula is C14H24N4O. The third-order valence-corrected chi connectivity index (χ3v) is 3.73. The van der Waals surface area contributed by atoms with Crippen LogP contribution < -0.4 is 5.32 Å². The Kier molecular flexibility index (Phi) is 5.39. The highest BCUT2D eigenvalue weighted by atomic mass is 16.2. The predicted octanol–water partition coefficient (Wildman–Crippen LogP) is 1.12. The Hall–Kier alpha value is -1.36. The van der Waals surface area contributed by atoms with E-state index in [0.29, 0.717) is 18.9 Å². The van der Waals surface area contributed by atoms with Gasteiger partial charge in [0.05, 0.1) is 0 Å². The van der Waals surface area contributed by atoms with Crippen molar-refractivity contribution in [2.24, 2.45) is 5.92 Å². The Balaban J connectivity index is 1.77. The number of carbonyl (C=O) groups excluding carboxylic acids is 1. The van der Waals surface area contributed by atoms with Crippen LogP contribution in [-0.2, 0) is 11.3 Å². The number of nitrogens with zero attached hydrogens (tertiary/aromatic N) is 3. The molecule has 2 rings (SSSR count).